The van der Waals surface area contributed by atoms with Crippen molar-refractivity contribution in [3.05, 3.63) is 58.3 Å². The Balaban J connectivity index is 2.00. The summed E-state index contributed by atoms with van der Waals surface area (Å²) in [5.74, 6) is 7.75. The average Bonchev–Trinajstić information content (AvgIpc) is 2.55. The van der Waals surface area contributed by atoms with Crippen LogP contribution in [0.1, 0.15) is 18.3 Å². The quantitative estimate of drug-likeness (QED) is 0.539. The Bertz CT molecular complexity index is 732. The van der Waals surface area contributed by atoms with E-state index in [2.05, 4.69) is 9.97 Å². The van der Waals surface area contributed by atoms with Crippen LogP contribution in [0, 0.1) is 6.92 Å². The number of nitrogens with zero attached hydrogens (tertiary/aromatic N) is 3. The van der Waals surface area contributed by atoms with Crippen LogP contribution in [-0.2, 0) is 6.54 Å². The minimum atomic E-state index is 0.209. The van der Waals surface area contributed by atoms with Crippen molar-refractivity contribution in [2.75, 3.05) is 12.3 Å². The predicted octanol–water partition coefficient (Wildman–Crippen LogP) is 1.97. The van der Waals surface area contributed by atoms with Crippen molar-refractivity contribution in [3.8, 4) is 5.75 Å². The second-order valence-electron chi connectivity index (χ2n) is 5.31. The van der Waals surface area contributed by atoms with Crippen molar-refractivity contribution in [3.63, 3.8) is 0 Å². The zero-order valence-electron chi connectivity index (χ0n) is 13.7. The van der Waals surface area contributed by atoms with Gasteiger partial charge in [-0.2, -0.15) is 0 Å². The second-order valence-corrected chi connectivity index (χ2v) is 5.75. The molecule has 0 aliphatic carbocycles. The number of nitrogens with two attached hydrogens (primary N) is 3. The summed E-state index contributed by atoms with van der Waals surface area (Å²) in [5, 5.41) is 2.14. The molecule has 0 aliphatic rings. The minimum absolute atomic E-state index is 0.209. The molecular formula is C16H21ClN6O. The highest BCUT2D eigenvalue weighted by Crippen LogP contribution is 2.17. The molecule has 2 aromatic rings. The van der Waals surface area contributed by atoms with E-state index < -0.39 is 0 Å². The third kappa shape index (κ3) is 4.74. The summed E-state index contributed by atoms with van der Waals surface area (Å²) in [7, 11) is 0. The first kappa shape index (κ1) is 17.8. The molecule has 0 unspecified atom stereocenters. The lowest BCUT2D eigenvalue weighted by Gasteiger charge is -2.22. The zero-order chi connectivity index (χ0) is 17.7. The number of hydrogen-bond acceptors (Lipinski definition) is 7. The van der Waals surface area contributed by atoms with Gasteiger partial charge in [0.15, 0.2) is 0 Å². The molecule has 0 atom stereocenters. The summed E-state index contributed by atoms with van der Waals surface area (Å²) in [4.78, 5) is 8.24. The molecule has 1 aromatic carbocycles. The number of hydrazine groups is 1. The molecule has 1 heterocycles. The fourth-order valence-corrected chi connectivity index (χ4v) is 2.04. The van der Waals surface area contributed by atoms with E-state index in [9.17, 15) is 0 Å². The standard InChI is InChI=1S/C16H21ClN6O/c1-10(15(18)9-24-14-5-3-13(17)4-6-14)23(20)8-12-7-21-11(2)22-16(12)19/h3-7H,8-9,18,20H2,1-2H3,(H2,19,21,22)/b15-10-. The Morgan fingerprint density at radius 1 is 1.29 bits per heavy atom. The van der Waals surface area contributed by atoms with Gasteiger partial charge in [0.05, 0.1) is 12.2 Å². The van der Waals surface area contributed by atoms with Crippen molar-refractivity contribution in [2.24, 2.45) is 11.6 Å². The summed E-state index contributed by atoms with van der Waals surface area (Å²) in [6, 6.07) is 7.04. The SMILES string of the molecule is C/C(=C(/N)COc1ccc(Cl)cc1)N(N)Cc1cnc(C)nc1N. The van der Waals surface area contributed by atoms with Gasteiger partial charge in [-0.3, -0.25) is 0 Å². The largest absolute Gasteiger partial charge is 0.487 e. The Labute approximate surface area is 146 Å². The maximum Gasteiger partial charge on any atom is 0.132 e. The first-order valence-electron chi connectivity index (χ1n) is 7.30. The lowest BCUT2D eigenvalue weighted by Crippen LogP contribution is -2.32. The molecule has 0 saturated carbocycles. The summed E-state index contributed by atoms with van der Waals surface area (Å²) in [5.41, 5.74) is 13.9. The van der Waals surface area contributed by atoms with Crippen molar-refractivity contribution in [1.82, 2.24) is 15.0 Å². The monoisotopic (exact) mass is 348 g/mol. The van der Waals surface area contributed by atoms with Crippen LogP contribution < -0.4 is 22.0 Å². The van der Waals surface area contributed by atoms with Crippen LogP contribution in [0.25, 0.3) is 0 Å². The number of halogens is 1. The lowest BCUT2D eigenvalue weighted by atomic mass is 10.2. The van der Waals surface area contributed by atoms with E-state index >= 15 is 0 Å². The van der Waals surface area contributed by atoms with Crippen molar-refractivity contribution < 1.29 is 4.74 Å². The number of aromatic nitrogens is 2. The van der Waals surface area contributed by atoms with E-state index in [0.717, 1.165) is 5.56 Å². The molecule has 2 rings (SSSR count). The van der Waals surface area contributed by atoms with Crippen LogP contribution in [0.15, 0.2) is 41.9 Å². The highest BCUT2D eigenvalue weighted by Gasteiger charge is 2.10. The second kappa shape index (κ2) is 7.85. The fourth-order valence-electron chi connectivity index (χ4n) is 1.92. The lowest BCUT2D eigenvalue weighted by molar-refractivity contribution is 0.318. The van der Waals surface area contributed by atoms with Gasteiger partial charge in [0, 0.05) is 22.5 Å². The molecule has 24 heavy (non-hydrogen) atoms. The number of hydrogen-bond donors (Lipinski definition) is 3. The van der Waals surface area contributed by atoms with E-state index in [0.29, 0.717) is 40.4 Å². The number of anilines is 1. The van der Waals surface area contributed by atoms with Gasteiger partial charge in [-0.25, -0.2) is 15.8 Å². The van der Waals surface area contributed by atoms with Crippen LogP contribution in [0.2, 0.25) is 5.02 Å². The predicted molar refractivity (Wildman–Crippen MR) is 94.7 cm³/mol. The molecule has 0 radical (unpaired) electrons. The summed E-state index contributed by atoms with van der Waals surface area (Å²) in [6.07, 6.45) is 1.66. The van der Waals surface area contributed by atoms with Crippen LogP contribution in [0.4, 0.5) is 5.82 Å². The molecule has 7 nitrogen and oxygen atoms in total. The van der Waals surface area contributed by atoms with E-state index in [1.165, 1.54) is 5.01 Å². The van der Waals surface area contributed by atoms with Gasteiger partial charge in [0.25, 0.3) is 0 Å². The summed E-state index contributed by atoms with van der Waals surface area (Å²) < 4.78 is 5.61. The van der Waals surface area contributed by atoms with Gasteiger partial charge in [0.2, 0.25) is 0 Å². The van der Waals surface area contributed by atoms with Gasteiger partial charge < -0.3 is 21.2 Å². The topological polar surface area (TPSA) is 116 Å². The molecule has 128 valence electrons. The maximum absolute atomic E-state index is 6.06. The minimum Gasteiger partial charge on any atom is -0.487 e. The van der Waals surface area contributed by atoms with Crippen LogP contribution in [0.3, 0.4) is 0 Å². The molecule has 8 heteroatoms. The maximum atomic E-state index is 6.06. The van der Waals surface area contributed by atoms with E-state index in [-0.39, 0.29) is 6.61 Å². The summed E-state index contributed by atoms with van der Waals surface area (Å²) >= 11 is 5.83. The van der Waals surface area contributed by atoms with Crippen molar-refractivity contribution >= 4 is 17.4 Å². The van der Waals surface area contributed by atoms with Crippen LogP contribution in [-0.4, -0.2) is 21.6 Å². The molecule has 0 spiro atoms. The number of nitrogen functional groups attached to an aromatic ring is 1. The first-order valence-corrected chi connectivity index (χ1v) is 7.68. The van der Waals surface area contributed by atoms with Crippen LogP contribution >= 0.6 is 11.6 Å². The normalized spacial score (nSPS) is 11.8. The average molecular weight is 349 g/mol. The highest BCUT2D eigenvalue weighted by molar-refractivity contribution is 6.30. The fraction of sp³-hybridized carbons (Fsp3) is 0.250. The van der Waals surface area contributed by atoms with Gasteiger partial charge in [-0.1, -0.05) is 11.6 Å². The number of rotatable bonds is 6. The molecule has 0 aliphatic heterocycles. The van der Waals surface area contributed by atoms with Crippen LogP contribution in [0.5, 0.6) is 5.75 Å². The van der Waals surface area contributed by atoms with E-state index in [1.807, 2.05) is 6.92 Å². The molecule has 0 amide bonds. The number of benzene rings is 1. The van der Waals surface area contributed by atoms with Crippen molar-refractivity contribution in [1.29, 1.82) is 0 Å². The zero-order valence-corrected chi connectivity index (χ0v) is 14.4. The Hall–Kier alpha value is -2.51. The number of aryl methyl sites for hydroxylation is 1. The first-order chi connectivity index (χ1) is 11.4. The van der Waals surface area contributed by atoms with Gasteiger partial charge >= 0.3 is 0 Å². The van der Waals surface area contributed by atoms with E-state index in [1.54, 1.807) is 37.4 Å². The van der Waals surface area contributed by atoms with Gasteiger partial charge in [-0.05, 0) is 38.1 Å². The molecule has 0 saturated heterocycles. The van der Waals surface area contributed by atoms with Gasteiger partial charge in [-0.15, -0.1) is 0 Å². The molecule has 0 fully saturated rings. The third-order valence-electron chi connectivity index (χ3n) is 3.46. The summed E-state index contributed by atoms with van der Waals surface area (Å²) in [6.45, 7) is 4.14. The van der Waals surface area contributed by atoms with Gasteiger partial charge in [0.1, 0.15) is 24.0 Å². The smallest absolute Gasteiger partial charge is 0.132 e. The Kier molecular flexibility index (Phi) is 5.83. The molecular weight excluding hydrogens is 328 g/mol. The molecule has 6 N–H and O–H groups in total. The number of ether oxygens (including phenoxy) is 1. The number of allylic oxidation sites excluding steroid dienone is 1. The Morgan fingerprint density at radius 2 is 1.96 bits per heavy atom. The van der Waals surface area contributed by atoms with E-state index in [4.69, 9.17) is 33.6 Å². The Morgan fingerprint density at radius 3 is 2.58 bits per heavy atom. The highest BCUT2D eigenvalue weighted by atomic mass is 35.5. The molecule has 0 bridgehead atoms. The third-order valence-corrected chi connectivity index (χ3v) is 3.71. The molecule has 1 aromatic heterocycles. The van der Waals surface area contributed by atoms with Crippen molar-refractivity contribution in [2.45, 2.75) is 20.4 Å².